The van der Waals surface area contributed by atoms with E-state index in [1.54, 1.807) is 18.6 Å². The second kappa shape index (κ2) is 6.78. The van der Waals surface area contributed by atoms with Crippen molar-refractivity contribution < 1.29 is 4.79 Å². The summed E-state index contributed by atoms with van der Waals surface area (Å²) in [5.41, 5.74) is 5.42. The van der Waals surface area contributed by atoms with Crippen molar-refractivity contribution in [2.45, 2.75) is 6.42 Å². The number of amides is 1. The van der Waals surface area contributed by atoms with Crippen LogP contribution in [0.5, 0.6) is 0 Å². The Kier molecular flexibility index (Phi) is 3.98. The van der Waals surface area contributed by atoms with Crippen molar-refractivity contribution in [2.24, 2.45) is 0 Å². The van der Waals surface area contributed by atoms with E-state index in [1.165, 1.54) is 11.3 Å². The minimum Gasteiger partial charge on any atom is -0.340 e. The molecule has 2 aromatic heterocycles. The molecule has 4 aromatic rings. The average Bonchev–Trinajstić information content (AvgIpc) is 3.18. The number of carbonyl (C=O) groups excluding carboxylic acids is 1. The molecule has 1 aliphatic heterocycles. The second-order valence-corrected chi connectivity index (χ2v) is 6.80. The van der Waals surface area contributed by atoms with E-state index in [0.29, 0.717) is 11.3 Å². The monoisotopic (exact) mass is 366 g/mol. The molecule has 0 bridgehead atoms. The van der Waals surface area contributed by atoms with Crippen LogP contribution in [0.2, 0.25) is 0 Å². The van der Waals surface area contributed by atoms with Crippen molar-refractivity contribution in [3.8, 4) is 0 Å². The van der Waals surface area contributed by atoms with Gasteiger partial charge in [-0.05, 0) is 36.2 Å². The highest BCUT2D eigenvalue weighted by molar-refractivity contribution is 6.08. The lowest BCUT2D eigenvalue weighted by atomic mass is 10.1. The molecule has 1 aliphatic rings. The number of para-hydroxylation sites is 2. The molecule has 0 radical (unpaired) electrons. The number of benzene rings is 2. The molecule has 0 atom stereocenters. The summed E-state index contributed by atoms with van der Waals surface area (Å²) in [4.78, 5) is 23.8. The predicted molar refractivity (Wildman–Crippen MR) is 111 cm³/mol. The Balaban J connectivity index is 1.44. The van der Waals surface area contributed by atoms with Crippen LogP contribution in [-0.2, 0) is 6.42 Å². The van der Waals surface area contributed by atoms with Gasteiger partial charge in [0, 0.05) is 30.0 Å². The first-order valence-corrected chi connectivity index (χ1v) is 9.25. The largest absolute Gasteiger partial charge is 0.340 e. The fourth-order valence-electron chi connectivity index (χ4n) is 3.71. The van der Waals surface area contributed by atoms with Gasteiger partial charge in [-0.1, -0.05) is 36.4 Å². The fraction of sp³-hybridized carbons (Fsp3) is 0.0870. The maximum absolute atomic E-state index is 12.9. The molecule has 0 spiro atoms. The highest BCUT2D eigenvalue weighted by atomic mass is 16.1. The zero-order chi connectivity index (χ0) is 18.9. The third-order valence-corrected chi connectivity index (χ3v) is 5.07. The molecule has 0 fully saturated rings. The van der Waals surface area contributed by atoms with E-state index >= 15 is 0 Å². The van der Waals surface area contributed by atoms with E-state index in [9.17, 15) is 4.79 Å². The van der Waals surface area contributed by atoms with Gasteiger partial charge in [0.25, 0.3) is 5.91 Å². The molecule has 3 heterocycles. The van der Waals surface area contributed by atoms with Crippen LogP contribution in [0.15, 0.2) is 79.3 Å². The van der Waals surface area contributed by atoms with Crippen LogP contribution in [0.1, 0.15) is 15.9 Å². The van der Waals surface area contributed by atoms with Gasteiger partial charge >= 0.3 is 0 Å². The van der Waals surface area contributed by atoms with E-state index in [2.05, 4.69) is 38.4 Å². The molecular weight excluding hydrogens is 348 g/mol. The zero-order valence-corrected chi connectivity index (χ0v) is 15.2. The summed E-state index contributed by atoms with van der Waals surface area (Å²) < 4.78 is 0. The third kappa shape index (κ3) is 2.87. The van der Waals surface area contributed by atoms with E-state index in [0.717, 1.165) is 29.6 Å². The van der Waals surface area contributed by atoms with Gasteiger partial charge in [-0.15, -0.1) is 0 Å². The maximum Gasteiger partial charge on any atom is 0.257 e. The van der Waals surface area contributed by atoms with Crippen LogP contribution in [0.4, 0.5) is 17.1 Å². The maximum atomic E-state index is 12.9. The summed E-state index contributed by atoms with van der Waals surface area (Å²) in [5, 5.41) is 3.97. The molecule has 0 saturated heterocycles. The quantitative estimate of drug-likeness (QED) is 0.577. The molecule has 5 rings (SSSR count). The minimum absolute atomic E-state index is 0.194. The van der Waals surface area contributed by atoms with Crippen LogP contribution in [0.25, 0.3) is 10.9 Å². The van der Waals surface area contributed by atoms with Crippen molar-refractivity contribution in [3.05, 3.63) is 90.4 Å². The number of aromatic nitrogens is 2. The summed E-state index contributed by atoms with van der Waals surface area (Å²) in [6.45, 7) is 0.888. The Hall–Kier alpha value is -3.73. The molecule has 0 aliphatic carbocycles. The molecule has 5 nitrogen and oxygen atoms in total. The van der Waals surface area contributed by atoms with Crippen molar-refractivity contribution in [2.75, 3.05) is 16.8 Å². The lowest BCUT2D eigenvalue weighted by molar-refractivity contribution is 0.102. The Morgan fingerprint density at radius 3 is 2.86 bits per heavy atom. The SMILES string of the molecule is O=C(Nc1cccc2cccnc12)c1cncc(N2CCc3ccccc32)c1. The minimum atomic E-state index is -0.194. The number of fused-ring (bicyclic) bond motifs is 2. The van der Waals surface area contributed by atoms with Gasteiger partial charge in [0.2, 0.25) is 0 Å². The first-order chi connectivity index (χ1) is 13.8. The Morgan fingerprint density at radius 1 is 1.00 bits per heavy atom. The summed E-state index contributed by atoms with van der Waals surface area (Å²) >= 11 is 0. The highest BCUT2D eigenvalue weighted by Crippen LogP contribution is 2.34. The van der Waals surface area contributed by atoms with E-state index in [1.807, 2.05) is 42.5 Å². The van der Waals surface area contributed by atoms with Gasteiger partial charge in [0.15, 0.2) is 0 Å². The number of hydrogen-bond acceptors (Lipinski definition) is 4. The normalized spacial score (nSPS) is 12.8. The number of pyridine rings is 2. The first-order valence-electron chi connectivity index (χ1n) is 9.25. The van der Waals surface area contributed by atoms with Crippen molar-refractivity contribution in [1.82, 2.24) is 9.97 Å². The summed E-state index contributed by atoms with van der Waals surface area (Å²) in [5.74, 6) is -0.194. The number of nitrogens with one attached hydrogen (secondary N) is 1. The van der Waals surface area contributed by atoms with Gasteiger partial charge in [0.1, 0.15) is 0 Å². The average molecular weight is 366 g/mol. The number of hydrogen-bond donors (Lipinski definition) is 1. The molecule has 136 valence electrons. The molecule has 5 heteroatoms. The van der Waals surface area contributed by atoms with Crippen molar-refractivity contribution >= 4 is 33.9 Å². The van der Waals surface area contributed by atoms with Gasteiger partial charge in [-0.25, -0.2) is 0 Å². The van der Waals surface area contributed by atoms with Gasteiger partial charge in [-0.3, -0.25) is 14.8 Å². The van der Waals surface area contributed by atoms with Crippen LogP contribution in [-0.4, -0.2) is 22.4 Å². The van der Waals surface area contributed by atoms with Crippen LogP contribution < -0.4 is 10.2 Å². The smallest absolute Gasteiger partial charge is 0.257 e. The van der Waals surface area contributed by atoms with E-state index in [-0.39, 0.29) is 5.91 Å². The van der Waals surface area contributed by atoms with Gasteiger partial charge < -0.3 is 10.2 Å². The first kappa shape index (κ1) is 16.4. The van der Waals surface area contributed by atoms with Gasteiger partial charge in [0.05, 0.1) is 28.7 Å². The molecule has 1 amide bonds. The standard InChI is InChI=1S/C23H18N4O/c28-23(26-20-8-3-6-17-7-4-11-25-22(17)20)18-13-19(15-24-14-18)27-12-10-16-5-1-2-9-21(16)27/h1-9,11,13-15H,10,12H2,(H,26,28). The van der Waals surface area contributed by atoms with E-state index in [4.69, 9.17) is 0 Å². The predicted octanol–water partition coefficient (Wildman–Crippen LogP) is 4.58. The topological polar surface area (TPSA) is 58.1 Å². The molecule has 2 aromatic carbocycles. The number of rotatable bonds is 3. The molecule has 0 saturated carbocycles. The van der Waals surface area contributed by atoms with Gasteiger partial charge in [-0.2, -0.15) is 0 Å². The summed E-state index contributed by atoms with van der Waals surface area (Å²) in [7, 11) is 0. The van der Waals surface area contributed by atoms with E-state index < -0.39 is 0 Å². The van der Waals surface area contributed by atoms with Crippen LogP contribution in [0.3, 0.4) is 0 Å². The molecular formula is C23H18N4O. The molecule has 1 N–H and O–H groups in total. The lowest BCUT2D eigenvalue weighted by Crippen LogP contribution is -2.16. The van der Waals surface area contributed by atoms with Crippen molar-refractivity contribution in [1.29, 1.82) is 0 Å². The van der Waals surface area contributed by atoms with Crippen LogP contribution in [0, 0.1) is 0 Å². The number of nitrogens with zero attached hydrogens (tertiary/aromatic N) is 3. The summed E-state index contributed by atoms with van der Waals surface area (Å²) in [6.07, 6.45) is 6.12. The number of anilines is 3. The number of carbonyl (C=O) groups is 1. The Labute approximate surface area is 162 Å². The fourth-order valence-corrected chi connectivity index (χ4v) is 3.71. The molecule has 28 heavy (non-hydrogen) atoms. The third-order valence-electron chi connectivity index (χ3n) is 5.07. The lowest BCUT2D eigenvalue weighted by Gasteiger charge is -2.19. The Morgan fingerprint density at radius 2 is 1.89 bits per heavy atom. The highest BCUT2D eigenvalue weighted by Gasteiger charge is 2.21. The summed E-state index contributed by atoms with van der Waals surface area (Å²) in [6, 6.07) is 19.9. The van der Waals surface area contributed by atoms with Crippen LogP contribution >= 0.6 is 0 Å². The second-order valence-electron chi connectivity index (χ2n) is 6.80. The Bertz CT molecular complexity index is 1180. The zero-order valence-electron chi connectivity index (χ0n) is 15.2. The van der Waals surface area contributed by atoms with Crippen molar-refractivity contribution in [3.63, 3.8) is 0 Å². The molecule has 0 unspecified atom stereocenters.